The molecule has 1 saturated heterocycles. The molecule has 4 rings (SSSR count). The lowest BCUT2D eigenvalue weighted by atomic mass is 9.83. The maximum atomic E-state index is 13.9. The molecule has 0 bridgehead atoms. The Labute approximate surface area is 271 Å². The van der Waals surface area contributed by atoms with Crippen molar-refractivity contribution in [3.05, 3.63) is 68.7 Å². The van der Waals surface area contributed by atoms with Gasteiger partial charge in [-0.15, -0.1) is 0 Å². The number of aliphatic imine (C=N–C) groups is 1. The molecule has 238 valence electrons. The molecule has 45 heavy (non-hydrogen) atoms. The summed E-state index contributed by atoms with van der Waals surface area (Å²) in [6.07, 6.45) is 2.19. The molecule has 0 aliphatic carbocycles. The highest BCUT2D eigenvalue weighted by molar-refractivity contribution is 6.49. The average molecular weight is 657 g/mol. The molecule has 2 atom stereocenters. The van der Waals surface area contributed by atoms with Gasteiger partial charge in [-0.3, -0.25) is 19.9 Å². The van der Waals surface area contributed by atoms with Crippen LogP contribution in [-0.4, -0.2) is 57.7 Å². The van der Waals surface area contributed by atoms with E-state index in [2.05, 4.69) is 9.97 Å². The number of nitrogens with one attached hydrogen (secondary N) is 1. The smallest absolute Gasteiger partial charge is 0.416 e. The van der Waals surface area contributed by atoms with E-state index in [0.29, 0.717) is 16.3 Å². The van der Waals surface area contributed by atoms with Crippen LogP contribution in [0.4, 0.5) is 22.1 Å². The molecule has 2 aromatic heterocycles. The topological polar surface area (TPSA) is 143 Å². The van der Waals surface area contributed by atoms with Gasteiger partial charge in [-0.05, 0) is 50.5 Å². The van der Waals surface area contributed by atoms with Gasteiger partial charge in [0.25, 0.3) is 11.5 Å². The van der Waals surface area contributed by atoms with Crippen LogP contribution in [0.15, 0.2) is 52.5 Å². The summed E-state index contributed by atoms with van der Waals surface area (Å²) in [4.78, 5) is 55.8. The number of hydrogen-bond donors (Lipinski definition) is 1. The molecule has 0 radical (unpaired) electrons. The van der Waals surface area contributed by atoms with E-state index in [1.54, 1.807) is 45.0 Å². The third-order valence-electron chi connectivity index (χ3n) is 7.00. The van der Waals surface area contributed by atoms with Gasteiger partial charge in [0.1, 0.15) is 22.7 Å². The number of aromatic nitrogens is 3. The minimum absolute atomic E-state index is 0.0250. The third kappa shape index (κ3) is 7.02. The van der Waals surface area contributed by atoms with Crippen molar-refractivity contribution in [1.82, 2.24) is 14.5 Å². The molecular formula is C31H35Cl2N7O5. The third-order valence-corrected chi connectivity index (χ3v) is 7.46. The minimum atomic E-state index is -0.892. The van der Waals surface area contributed by atoms with Crippen LogP contribution in [0, 0.1) is 17.2 Å². The van der Waals surface area contributed by atoms with Gasteiger partial charge in [0, 0.05) is 31.0 Å². The van der Waals surface area contributed by atoms with E-state index in [1.807, 2.05) is 13.8 Å². The number of pyridine rings is 1. The van der Waals surface area contributed by atoms with Gasteiger partial charge in [-0.25, -0.2) is 19.7 Å². The number of methoxy groups -OCH3 is 1. The minimum Gasteiger partial charge on any atom is -0.479 e. The van der Waals surface area contributed by atoms with E-state index in [0.717, 1.165) is 4.90 Å². The predicted octanol–water partition coefficient (Wildman–Crippen LogP) is 6.01. The Kier molecular flexibility index (Phi) is 9.69. The molecule has 1 N–H and O–H groups in total. The van der Waals surface area contributed by atoms with Gasteiger partial charge in [-0.2, -0.15) is 4.98 Å². The van der Waals surface area contributed by atoms with E-state index < -0.39 is 35.1 Å². The first-order valence-electron chi connectivity index (χ1n) is 14.0. The SMILES string of the molecule is COc1nc(N(C)C(=O)OC(C)(C)C)ncc1N=C(C(C)C)C1C(=N)C(=O)N(c2cc(Cl)cn(C)c2=O)C1c1ccc(Cl)cc1. The largest absolute Gasteiger partial charge is 0.479 e. The van der Waals surface area contributed by atoms with E-state index in [-0.39, 0.29) is 39.9 Å². The van der Waals surface area contributed by atoms with Crippen LogP contribution in [0.2, 0.25) is 10.0 Å². The van der Waals surface area contributed by atoms with Gasteiger partial charge in [0.2, 0.25) is 11.8 Å². The first kappa shape index (κ1) is 33.6. The Morgan fingerprint density at radius 2 is 1.78 bits per heavy atom. The summed E-state index contributed by atoms with van der Waals surface area (Å²) >= 11 is 12.5. The summed E-state index contributed by atoms with van der Waals surface area (Å²) in [6, 6.07) is 7.44. The van der Waals surface area contributed by atoms with Crippen molar-refractivity contribution in [3.8, 4) is 5.88 Å². The van der Waals surface area contributed by atoms with Crippen molar-refractivity contribution < 1.29 is 19.1 Å². The van der Waals surface area contributed by atoms with Gasteiger partial charge in [-0.1, -0.05) is 49.2 Å². The Morgan fingerprint density at radius 1 is 1.13 bits per heavy atom. The second kappa shape index (κ2) is 13.0. The fourth-order valence-electron chi connectivity index (χ4n) is 4.94. The van der Waals surface area contributed by atoms with E-state index in [4.69, 9.17) is 43.1 Å². The highest BCUT2D eigenvalue weighted by atomic mass is 35.5. The summed E-state index contributed by atoms with van der Waals surface area (Å²) in [5.41, 5.74) is -0.111. The van der Waals surface area contributed by atoms with Crippen LogP contribution in [0.25, 0.3) is 0 Å². The molecule has 2 unspecified atom stereocenters. The molecule has 2 amide bonds. The van der Waals surface area contributed by atoms with Crippen LogP contribution in [-0.2, 0) is 16.6 Å². The molecule has 1 aromatic carbocycles. The number of carbonyl (C=O) groups excluding carboxylic acids is 2. The van der Waals surface area contributed by atoms with Crippen LogP contribution >= 0.6 is 23.2 Å². The van der Waals surface area contributed by atoms with Crippen molar-refractivity contribution in [3.63, 3.8) is 0 Å². The number of hydrogen-bond acceptors (Lipinski definition) is 9. The number of benzene rings is 1. The second-order valence-corrected chi connectivity index (χ2v) is 12.7. The van der Waals surface area contributed by atoms with Gasteiger partial charge in [0.05, 0.1) is 30.3 Å². The summed E-state index contributed by atoms with van der Waals surface area (Å²) in [5, 5.41) is 9.76. The maximum Gasteiger partial charge on any atom is 0.416 e. The molecule has 3 heterocycles. The average Bonchev–Trinajstić information content (AvgIpc) is 3.22. The Bertz CT molecular complexity index is 1730. The normalized spacial score (nSPS) is 17.2. The summed E-state index contributed by atoms with van der Waals surface area (Å²) in [7, 11) is 4.42. The van der Waals surface area contributed by atoms with Crippen molar-refractivity contribution in [2.45, 2.75) is 46.3 Å². The number of halogens is 2. The molecule has 14 heteroatoms. The molecule has 0 spiro atoms. The lowest BCUT2D eigenvalue weighted by Crippen LogP contribution is -2.36. The van der Waals surface area contributed by atoms with Gasteiger partial charge < -0.3 is 14.0 Å². The van der Waals surface area contributed by atoms with Crippen molar-refractivity contribution >= 4 is 63.9 Å². The van der Waals surface area contributed by atoms with Crippen molar-refractivity contribution in [2.75, 3.05) is 24.0 Å². The van der Waals surface area contributed by atoms with Crippen molar-refractivity contribution in [2.24, 2.45) is 23.9 Å². The number of amides is 2. The standard InChI is InChI=1S/C31H35Cl2N7O5/c1-16(2)24(36-20-14-35-29(37-26(20)44-8)39(7)30(43)45-31(3,4)5)22-23(34)28(42)40(21-13-19(33)15-38(6)27(21)41)25(22)17-9-11-18(32)12-10-17/h9-16,22,25,34H,1-8H3. The van der Waals surface area contributed by atoms with Gasteiger partial charge in [0.15, 0.2) is 0 Å². The first-order chi connectivity index (χ1) is 21.0. The number of carbonyl (C=O) groups is 2. The van der Waals surface area contributed by atoms with Crippen LogP contribution < -0.4 is 20.1 Å². The molecule has 12 nitrogen and oxygen atoms in total. The number of aryl methyl sites for hydroxylation is 1. The lowest BCUT2D eigenvalue weighted by molar-refractivity contribution is -0.112. The fourth-order valence-corrected chi connectivity index (χ4v) is 5.32. The molecule has 1 fully saturated rings. The Hall–Kier alpha value is -4.29. The Balaban J connectivity index is 1.87. The Morgan fingerprint density at radius 3 is 2.36 bits per heavy atom. The van der Waals surface area contributed by atoms with E-state index in [9.17, 15) is 14.4 Å². The first-order valence-corrected chi connectivity index (χ1v) is 14.8. The zero-order valence-corrected chi connectivity index (χ0v) is 27.8. The summed E-state index contributed by atoms with van der Waals surface area (Å²) in [6.45, 7) is 9.02. The summed E-state index contributed by atoms with van der Waals surface area (Å²) < 4.78 is 12.2. The van der Waals surface area contributed by atoms with Crippen LogP contribution in [0.5, 0.6) is 5.88 Å². The zero-order valence-electron chi connectivity index (χ0n) is 26.3. The van der Waals surface area contributed by atoms with Crippen LogP contribution in [0.1, 0.15) is 46.2 Å². The number of ether oxygens (including phenoxy) is 2. The van der Waals surface area contributed by atoms with E-state index >= 15 is 0 Å². The highest BCUT2D eigenvalue weighted by Gasteiger charge is 2.50. The molecule has 0 saturated carbocycles. The number of nitrogens with zero attached hydrogens (tertiary/aromatic N) is 6. The second-order valence-electron chi connectivity index (χ2n) is 11.8. The lowest BCUT2D eigenvalue weighted by Gasteiger charge is -2.29. The monoisotopic (exact) mass is 655 g/mol. The highest BCUT2D eigenvalue weighted by Crippen LogP contribution is 2.42. The van der Waals surface area contributed by atoms with Crippen LogP contribution in [0.3, 0.4) is 0 Å². The number of rotatable bonds is 7. The van der Waals surface area contributed by atoms with Crippen molar-refractivity contribution in [1.29, 1.82) is 5.41 Å². The molecule has 1 aliphatic heterocycles. The fraction of sp³-hybridized carbons (Fsp3) is 0.387. The molecule has 3 aromatic rings. The quantitative estimate of drug-likeness (QED) is 0.307. The van der Waals surface area contributed by atoms with E-state index in [1.165, 1.54) is 49.1 Å². The molecule has 1 aliphatic rings. The van der Waals surface area contributed by atoms with Gasteiger partial charge >= 0.3 is 6.09 Å². The maximum absolute atomic E-state index is 13.9. The predicted molar refractivity (Wildman–Crippen MR) is 175 cm³/mol. The summed E-state index contributed by atoms with van der Waals surface area (Å²) in [5.74, 6) is -1.75. The zero-order chi connectivity index (χ0) is 33.4. The molecular weight excluding hydrogens is 621 g/mol. The number of anilines is 2.